The van der Waals surface area contributed by atoms with Crippen LogP contribution in [0.1, 0.15) is 26.3 Å². The Balaban J connectivity index is 3.06. The predicted molar refractivity (Wildman–Crippen MR) is 71.7 cm³/mol. The van der Waals surface area contributed by atoms with Crippen molar-refractivity contribution in [3.63, 3.8) is 0 Å². The van der Waals surface area contributed by atoms with Gasteiger partial charge in [-0.2, -0.15) is 0 Å². The fraction of sp³-hybridized carbons (Fsp3) is 0.500. The number of rotatable bonds is 3. The van der Waals surface area contributed by atoms with Gasteiger partial charge in [-0.05, 0) is 24.0 Å². The number of hydrogen-bond donors (Lipinski definition) is 1. The van der Waals surface area contributed by atoms with Gasteiger partial charge in [0.2, 0.25) is 0 Å². The van der Waals surface area contributed by atoms with Gasteiger partial charge in [-0.25, -0.2) is 0 Å². The second-order valence-electron chi connectivity index (χ2n) is 4.36. The van der Waals surface area contributed by atoms with Gasteiger partial charge < -0.3 is 5.73 Å². The highest BCUT2D eigenvalue weighted by molar-refractivity contribution is 8.01. The molecule has 0 heterocycles. The van der Waals surface area contributed by atoms with E-state index in [2.05, 4.69) is 45.2 Å². The van der Waals surface area contributed by atoms with Gasteiger partial charge in [-0.15, -0.1) is 23.5 Å². The Morgan fingerprint density at radius 2 is 1.80 bits per heavy atom. The quantitative estimate of drug-likeness (QED) is 0.816. The Morgan fingerprint density at radius 3 is 2.27 bits per heavy atom. The highest BCUT2D eigenvalue weighted by Gasteiger charge is 2.15. The fourth-order valence-electron chi connectivity index (χ4n) is 1.36. The van der Waals surface area contributed by atoms with Gasteiger partial charge in [-0.1, -0.05) is 26.8 Å². The zero-order chi connectivity index (χ0) is 11.5. The molecule has 3 heteroatoms. The van der Waals surface area contributed by atoms with E-state index >= 15 is 0 Å². The molecule has 2 N–H and O–H groups in total. The SMILES string of the molecule is CSc1cccc(SC(C)(C)C)c1CN. The van der Waals surface area contributed by atoms with E-state index < -0.39 is 0 Å². The summed E-state index contributed by atoms with van der Waals surface area (Å²) in [4.78, 5) is 2.61. The molecule has 1 aromatic carbocycles. The average Bonchev–Trinajstić information content (AvgIpc) is 2.15. The van der Waals surface area contributed by atoms with E-state index in [0.717, 1.165) is 0 Å². The molecule has 84 valence electrons. The van der Waals surface area contributed by atoms with Crippen LogP contribution in [0.5, 0.6) is 0 Å². The van der Waals surface area contributed by atoms with E-state index in [-0.39, 0.29) is 4.75 Å². The molecule has 0 saturated heterocycles. The molecule has 0 bridgehead atoms. The Bertz CT molecular complexity index is 329. The molecular weight excluding hydrogens is 222 g/mol. The molecule has 0 aliphatic heterocycles. The Kier molecular flexibility index (Phi) is 4.56. The third-order valence-electron chi connectivity index (χ3n) is 1.93. The third-order valence-corrected chi connectivity index (χ3v) is 3.97. The summed E-state index contributed by atoms with van der Waals surface area (Å²) in [6, 6.07) is 6.41. The second-order valence-corrected chi connectivity index (χ2v) is 7.07. The molecule has 0 spiro atoms. The lowest BCUT2D eigenvalue weighted by atomic mass is 10.2. The van der Waals surface area contributed by atoms with Crippen molar-refractivity contribution in [2.24, 2.45) is 5.73 Å². The van der Waals surface area contributed by atoms with Crippen molar-refractivity contribution >= 4 is 23.5 Å². The van der Waals surface area contributed by atoms with E-state index in [0.29, 0.717) is 6.54 Å². The molecule has 1 rings (SSSR count). The minimum Gasteiger partial charge on any atom is -0.326 e. The molecule has 0 fully saturated rings. The molecule has 1 aromatic rings. The Hall–Kier alpha value is -0.120. The van der Waals surface area contributed by atoms with Crippen LogP contribution >= 0.6 is 23.5 Å². The monoisotopic (exact) mass is 241 g/mol. The number of nitrogens with two attached hydrogens (primary N) is 1. The molecule has 0 aliphatic carbocycles. The maximum atomic E-state index is 5.82. The van der Waals surface area contributed by atoms with Gasteiger partial charge in [0.05, 0.1) is 0 Å². The van der Waals surface area contributed by atoms with Gasteiger partial charge in [0.25, 0.3) is 0 Å². The van der Waals surface area contributed by atoms with Crippen LogP contribution in [0, 0.1) is 0 Å². The molecule has 0 saturated carbocycles. The predicted octanol–water partition coefficient (Wildman–Crippen LogP) is 3.76. The van der Waals surface area contributed by atoms with Crippen LogP contribution in [0.25, 0.3) is 0 Å². The van der Waals surface area contributed by atoms with Crippen molar-refractivity contribution in [2.45, 2.75) is 41.9 Å². The number of hydrogen-bond acceptors (Lipinski definition) is 3. The average molecular weight is 241 g/mol. The molecule has 0 atom stereocenters. The lowest BCUT2D eigenvalue weighted by Crippen LogP contribution is -2.09. The largest absolute Gasteiger partial charge is 0.326 e. The molecule has 0 unspecified atom stereocenters. The molecular formula is C12H19NS2. The van der Waals surface area contributed by atoms with Crippen molar-refractivity contribution in [3.05, 3.63) is 23.8 Å². The summed E-state index contributed by atoms with van der Waals surface area (Å²) < 4.78 is 0.237. The van der Waals surface area contributed by atoms with E-state index in [1.165, 1.54) is 15.4 Å². The van der Waals surface area contributed by atoms with Gasteiger partial charge in [0.1, 0.15) is 0 Å². The maximum Gasteiger partial charge on any atom is 0.0200 e. The minimum atomic E-state index is 0.237. The lowest BCUT2D eigenvalue weighted by Gasteiger charge is -2.20. The summed E-state index contributed by atoms with van der Waals surface area (Å²) in [6.45, 7) is 7.30. The van der Waals surface area contributed by atoms with E-state index in [9.17, 15) is 0 Å². The maximum absolute atomic E-state index is 5.82. The molecule has 1 nitrogen and oxygen atoms in total. The van der Waals surface area contributed by atoms with Crippen LogP contribution < -0.4 is 5.73 Å². The smallest absolute Gasteiger partial charge is 0.0200 e. The summed E-state index contributed by atoms with van der Waals surface area (Å²) in [5, 5.41) is 0. The minimum absolute atomic E-state index is 0.237. The fourth-order valence-corrected chi connectivity index (χ4v) is 3.21. The Morgan fingerprint density at radius 1 is 1.20 bits per heavy atom. The first-order valence-electron chi connectivity index (χ1n) is 5.03. The zero-order valence-corrected chi connectivity index (χ0v) is 11.5. The number of thioether (sulfide) groups is 2. The van der Waals surface area contributed by atoms with Crippen molar-refractivity contribution in [2.75, 3.05) is 6.26 Å². The number of benzene rings is 1. The molecule has 0 aliphatic rings. The molecule has 15 heavy (non-hydrogen) atoms. The summed E-state index contributed by atoms with van der Waals surface area (Å²) in [6.07, 6.45) is 2.10. The van der Waals surface area contributed by atoms with Gasteiger partial charge in [0.15, 0.2) is 0 Å². The van der Waals surface area contributed by atoms with E-state index in [1.807, 2.05) is 11.8 Å². The lowest BCUT2D eigenvalue weighted by molar-refractivity contribution is 0.800. The first kappa shape index (κ1) is 12.9. The van der Waals surface area contributed by atoms with Crippen LogP contribution in [0.3, 0.4) is 0 Å². The second kappa shape index (κ2) is 5.28. The molecule has 0 amide bonds. The van der Waals surface area contributed by atoms with Crippen molar-refractivity contribution < 1.29 is 0 Å². The highest BCUT2D eigenvalue weighted by atomic mass is 32.2. The Labute approximate surface area is 101 Å². The standard InChI is InChI=1S/C12H19NS2/c1-12(2,3)15-11-7-5-6-10(14-4)9(11)8-13/h5-7H,8,13H2,1-4H3. The summed E-state index contributed by atoms with van der Waals surface area (Å²) in [7, 11) is 0. The van der Waals surface area contributed by atoms with Gasteiger partial charge in [0, 0.05) is 21.1 Å². The first-order chi connectivity index (χ1) is 6.98. The van der Waals surface area contributed by atoms with Crippen molar-refractivity contribution in [1.29, 1.82) is 0 Å². The highest BCUT2D eigenvalue weighted by Crippen LogP contribution is 2.37. The van der Waals surface area contributed by atoms with Crippen molar-refractivity contribution in [3.8, 4) is 0 Å². The summed E-state index contributed by atoms with van der Waals surface area (Å²) in [5.41, 5.74) is 7.10. The molecule has 0 radical (unpaired) electrons. The summed E-state index contributed by atoms with van der Waals surface area (Å²) in [5.74, 6) is 0. The van der Waals surface area contributed by atoms with Crippen LogP contribution in [0.4, 0.5) is 0 Å². The van der Waals surface area contributed by atoms with Crippen molar-refractivity contribution in [1.82, 2.24) is 0 Å². The zero-order valence-electron chi connectivity index (χ0n) is 9.83. The van der Waals surface area contributed by atoms with Crippen LogP contribution in [-0.4, -0.2) is 11.0 Å². The topological polar surface area (TPSA) is 26.0 Å². The van der Waals surface area contributed by atoms with Crippen LogP contribution in [-0.2, 0) is 6.54 Å². The van der Waals surface area contributed by atoms with Gasteiger partial charge >= 0.3 is 0 Å². The molecule has 0 aromatic heterocycles. The normalized spacial score (nSPS) is 11.8. The summed E-state index contributed by atoms with van der Waals surface area (Å²) >= 11 is 3.65. The van der Waals surface area contributed by atoms with E-state index in [4.69, 9.17) is 5.73 Å². The third kappa shape index (κ3) is 3.74. The first-order valence-corrected chi connectivity index (χ1v) is 7.07. The van der Waals surface area contributed by atoms with Gasteiger partial charge in [-0.3, -0.25) is 0 Å². The van der Waals surface area contributed by atoms with Crippen LogP contribution in [0.15, 0.2) is 28.0 Å². The van der Waals surface area contributed by atoms with Crippen LogP contribution in [0.2, 0.25) is 0 Å². The van der Waals surface area contributed by atoms with E-state index in [1.54, 1.807) is 11.8 Å².